The molecule has 4 heteroatoms. The van der Waals surface area contributed by atoms with Crippen molar-refractivity contribution in [3.63, 3.8) is 0 Å². The third kappa shape index (κ3) is 11.1. The standard InChI is InChI=1S/C19H37N3O/c1-6-9-10-11-14-20-15-13-18(4)19(23)21(5)16-12-17-22(7-2)8-3/h9-10,15,18H,6-8,11-14,16-17H2,1-5H3/b10-9-,20-15?. The zero-order chi connectivity index (χ0) is 17.5. The number of hydrogen-bond acceptors (Lipinski definition) is 3. The molecule has 4 nitrogen and oxygen atoms in total. The highest BCUT2D eigenvalue weighted by atomic mass is 16.2. The first-order chi connectivity index (χ1) is 11.1. The Balaban J connectivity index is 3.93. The lowest BCUT2D eigenvalue weighted by molar-refractivity contribution is -0.133. The monoisotopic (exact) mass is 323 g/mol. The van der Waals surface area contributed by atoms with E-state index >= 15 is 0 Å². The van der Waals surface area contributed by atoms with Crippen molar-refractivity contribution in [2.75, 3.05) is 39.8 Å². The van der Waals surface area contributed by atoms with Gasteiger partial charge in [0, 0.05) is 26.1 Å². The van der Waals surface area contributed by atoms with Gasteiger partial charge in [-0.1, -0.05) is 39.8 Å². The third-order valence-electron chi connectivity index (χ3n) is 4.08. The second-order valence-corrected chi connectivity index (χ2v) is 6.03. The van der Waals surface area contributed by atoms with E-state index in [2.05, 4.69) is 42.8 Å². The van der Waals surface area contributed by atoms with Crippen molar-refractivity contribution in [1.29, 1.82) is 0 Å². The lowest BCUT2D eigenvalue weighted by Crippen LogP contribution is -2.34. The van der Waals surface area contributed by atoms with Crippen LogP contribution >= 0.6 is 0 Å². The first-order valence-electron chi connectivity index (χ1n) is 9.17. The number of aliphatic imine (C=N–C) groups is 1. The summed E-state index contributed by atoms with van der Waals surface area (Å²) < 4.78 is 0. The van der Waals surface area contributed by atoms with Crippen LogP contribution in [0, 0.1) is 5.92 Å². The SMILES string of the molecule is CC/C=C\CCN=CCC(C)C(=O)N(C)CCCN(CC)CC. The first-order valence-corrected chi connectivity index (χ1v) is 9.17. The maximum atomic E-state index is 12.3. The minimum atomic E-state index is 0.0170. The van der Waals surface area contributed by atoms with Crippen LogP contribution in [0.4, 0.5) is 0 Å². The Labute approximate surface area is 143 Å². The fourth-order valence-corrected chi connectivity index (χ4v) is 2.42. The average Bonchev–Trinajstić information content (AvgIpc) is 2.56. The summed E-state index contributed by atoms with van der Waals surface area (Å²) in [6, 6.07) is 0. The van der Waals surface area contributed by atoms with Gasteiger partial charge in [-0.3, -0.25) is 9.79 Å². The average molecular weight is 324 g/mol. The van der Waals surface area contributed by atoms with Gasteiger partial charge in [-0.25, -0.2) is 0 Å². The molecule has 1 unspecified atom stereocenters. The van der Waals surface area contributed by atoms with E-state index in [-0.39, 0.29) is 11.8 Å². The Kier molecular flexibility index (Phi) is 13.7. The molecule has 0 spiro atoms. The van der Waals surface area contributed by atoms with E-state index in [1.165, 1.54) is 0 Å². The molecule has 0 aliphatic heterocycles. The molecule has 23 heavy (non-hydrogen) atoms. The van der Waals surface area contributed by atoms with Crippen molar-refractivity contribution in [3.8, 4) is 0 Å². The van der Waals surface area contributed by atoms with Gasteiger partial charge in [-0.05, 0) is 51.5 Å². The van der Waals surface area contributed by atoms with Crippen LogP contribution in [0.5, 0.6) is 0 Å². The van der Waals surface area contributed by atoms with Gasteiger partial charge in [0.05, 0.1) is 0 Å². The van der Waals surface area contributed by atoms with Gasteiger partial charge in [-0.15, -0.1) is 0 Å². The van der Waals surface area contributed by atoms with E-state index in [1.807, 2.05) is 25.1 Å². The summed E-state index contributed by atoms with van der Waals surface area (Å²) in [6.07, 6.45) is 10.1. The zero-order valence-corrected chi connectivity index (χ0v) is 15.9. The van der Waals surface area contributed by atoms with Gasteiger partial charge in [0.1, 0.15) is 0 Å². The van der Waals surface area contributed by atoms with E-state index in [0.29, 0.717) is 0 Å². The molecule has 0 aromatic carbocycles. The first kappa shape index (κ1) is 21.8. The Morgan fingerprint density at radius 2 is 1.83 bits per heavy atom. The van der Waals surface area contributed by atoms with Crippen LogP contribution in [0.25, 0.3) is 0 Å². The highest BCUT2D eigenvalue weighted by molar-refractivity contribution is 5.81. The summed E-state index contributed by atoms with van der Waals surface area (Å²) in [4.78, 5) is 20.9. The van der Waals surface area contributed by atoms with E-state index in [9.17, 15) is 4.79 Å². The molecular formula is C19H37N3O. The Morgan fingerprint density at radius 1 is 1.13 bits per heavy atom. The number of carbonyl (C=O) groups is 1. The maximum Gasteiger partial charge on any atom is 0.225 e. The van der Waals surface area contributed by atoms with Crippen LogP contribution in [0.2, 0.25) is 0 Å². The summed E-state index contributed by atoms with van der Waals surface area (Å²) in [5.41, 5.74) is 0. The van der Waals surface area contributed by atoms with E-state index in [4.69, 9.17) is 0 Å². The molecule has 0 aromatic rings. The molecule has 0 aliphatic carbocycles. The van der Waals surface area contributed by atoms with Crippen LogP contribution in [0.15, 0.2) is 17.1 Å². The summed E-state index contributed by atoms with van der Waals surface area (Å²) in [7, 11) is 1.91. The molecule has 0 bridgehead atoms. The molecule has 134 valence electrons. The predicted molar refractivity (Wildman–Crippen MR) is 101 cm³/mol. The molecule has 0 aliphatic rings. The third-order valence-corrected chi connectivity index (χ3v) is 4.08. The maximum absolute atomic E-state index is 12.3. The molecule has 0 heterocycles. The van der Waals surface area contributed by atoms with Crippen LogP contribution < -0.4 is 0 Å². The van der Waals surface area contributed by atoms with E-state index in [0.717, 1.165) is 58.4 Å². The summed E-state index contributed by atoms with van der Waals surface area (Å²) in [5.74, 6) is 0.241. The van der Waals surface area contributed by atoms with Crippen molar-refractivity contribution >= 4 is 12.1 Å². The van der Waals surface area contributed by atoms with Gasteiger partial charge in [-0.2, -0.15) is 0 Å². The molecular weight excluding hydrogens is 286 g/mol. The number of amides is 1. The number of allylic oxidation sites excluding steroid dienone is 1. The summed E-state index contributed by atoms with van der Waals surface area (Å²) >= 11 is 0. The second-order valence-electron chi connectivity index (χ2n) is 6.03. The largest absolute Gasteiger partial charge is 0.345 e. The molecule has 1 atom stereocenters. The number of hydrogen-bond donors (Lipinski definition) is 0. The van der Waals surface area contributed by atoms with Crippen LogP contribution in [0.1, 0.15) is 53.4 Å². The van der Waals surface area contributed by atoms with Crippen molar-refractivity contribution in [2.45, 2.75) is 53.4 Å². The van der Waals surface area contributed by atoms with Gasteiger partial charge < -0.3 is 9.80 Å². The zero-order valence-electron chi connectivity index (χ0n) is 15.9. The van der Waals surface area contributed by atoms with Crippen molar-refractivity contribution in [3.05, 3.63) is 12.2 Å². The highest BCUT2D eigenvalue weighted by Gasteiger charge is 2.16. The topological polar surface area (TPSA) is 35.9 Å². The van der Waals surface area contributed by atoms with Crippen molar-refractivity contribution < 1.29 is 4.79 Å². The second kappa shape index (κ2) is 14.4. The number of carbonyl (C=O) groups excluding carboxylic acids is 1. The molecule has 0 N–H and O–H groups in total. The smallest absolute Gasteiger partial charge is 0.225 e. The van der Waals surface area contributed by atoms with E-state index in [1.54, 1.807) is 0 Å². The molecule has 0 rings (SSSR count). The van der Waals surface area contributed by atoms with Crippen LogP contribution in [0.3, 0.4) is 0 Å². The minimum absolute atomic E-state index is 0.0170. The normalized spacial score (nSPS) is 13.3. The van der Waals surface area contributed by atoms with Crippen LogP contribution in [-0.2, 0) is 4.79 Å². The lowest BCUT2D eigenvalue weighted by atomic mass is 10.1. The molecule has 0 saturated heterocycles. The van der Waals surface area contributed by atoms with Gasteiger partial charge in [0.15, 0.2) is 0 Å². The van der Waals surface area contributed by atoms with Crippen LogP contribution in [-0.4, -0.2) is 61.7 Å². The predicted octanol–water partition coefficient (Wildman–Crippen LogP) is 3.63. The number of nitrogens with zero attached hydrogens (tertiary/aromatic N) is 3. The summed E-state index contributed by atoms with van der Waals surface area (Å²) in [5, 5.41) is 0. The Morgan fingerprint density at radius 3 is 2.43 bits per heavy atom. The Hall–Kier alpha value is -1.16. The Bertz CT molecular complexity index is 349. The summed E-state index contributed by atoms with van der Waals surface area (Å²) in [6.45, 7) is 13.3. The van der Waals surface area contributed by atoms with Crippen molar-refractivity contribution in [1.82, 2.24) is 9.80 Å². The van der Waals surface area contributed by atoms with Gasteiger partial charge in [0.2, 0.25) is 5.91 Å². The molecule has 0 saturated carbocycles. The van der Waals surface area contributed by atoms with Gasteiger partial charge >= 0.3 is 0 Å². The molecule has 0 radical (unpaired) electrons. The van der Waals surface area contributed by atoms with E-state index < -0.39 is 0 Å². The highest BCUT2D eigenvalue weighted by Crippen LogP contribution is 2.05. The molecule has 0 aromatic heterocycles. The number of rotatable bonds is 13. The lowest BCUT2D eigenvalue weighted by Gasteiger charge is -2.23. The fraction of sp³-hybridized carbons (Fsp3) is 0.789. The molecule has 1 amide bonds. The minimum Gasteiger partial charge on any atom is -0.345 e. The quantitative estimate of drug-likeness (QED) is 0.295. The van der Waals surface area contributed by atoms with Gasteiger partial charge in [0.25, 0.3) is 0 Å². The molecule has 0 fully saturated rings. The fourth-order valence-electron chi connectivity index (χ4n) is 2.42. The van der Waals surface area contributed by atoms with Crippen molar-refractivity contribution in [2.24, 2.45) is 10.9 Å².